The normalized spacial score (nSPS) is 12.4. The highest BCUT2D eigenvalue weighted by molar-refractivity contribution is 7.99. The molecular formula is C15H15F2NS. The van der Waals surface area contributed by atoms with Crippen LogP contribution in [0.4, 0.5) is 8.78 Å². The molecule has 1 nitrogen and oxygen atoms in total. The summed E-state index contributed by atoms with van der Waals surface area (Å²) in [6.45, 7) is 1.90. The maximum atomic E-state index is 13.9. The number of nitrogens with one attached hydrogen (secondary N) is 1. The first-order valence-corrected chi connectivity index (χ1v) is 6.82. The monoisotopic (exact) mass is 279 g/mol. The van der Waals surface area contributed by atoms with E-state index in [1.165, 1.54) is 30.0 Å². The van der Waals surface area contributed by atoms with Crippen molar-refractivity contribution in [3.05, 3.63) is 59.7 Å². The third-order valence-electron chi connectivity index (χ3n) is 2.90. The van der Waals surface area contributed by atoms with Crippen LogP contribution in [0.25, 0.3) is 0 Å². The first kappa shape index (κ1) is 14.0. The van der Waals surface area contributed by atoms with Gasteiger partial charge < -0.3 is 5.32 Å². The van der Waals surface area contributed by atoms with Gasteiger partial charge >= 0.3 is 0 Å². The van der Waals surface area contributed by atoms with Crippen LogP contribution >= 0.6 is 11.8 Å². The molecule has 2 rings (SSSR count). The van der Waals surface area contributed by atoms with Gasteiger partial charge in [0.05, 0.1) is 0 Å². The number of halogens is 2. The largest absolute Gasteiger partial charge is 0.313 e. The van der Waals surface area contributed by atoms with Crippen molar-refractivity contribution in [1.82, 2.24) is 5.32 Å². The number of rotatable bonds is 4. The average molecular weight is 279 g/mol. The van der Waals surface area contributed by atoms with E-state index < -0.39 is 0 Å². The zero-order chi connectivity index (χ0) is 13.8. The lowest BCUT2D eigenvalue weighted by molar-refractivity contribution is 0.552. The number of hydrogen-bond acceptors (Lipinski definition) is 2. The van der Waals surface area contributed by atoms with Crippen LogP contribution in [-0.2, 0) is 0 Å². The lowest BCUT2D eigenvalue weighted by Gasteiger charge is -2.16. The molecule has 0 aromatic heterocycles. The topological polar surface area (TPSA) is 12.0 Å². The van der Waals surface area contributed by atoms with Crippen LogP contribution in [0.3, 0.4) is 0 Å². The maximum absolute atomic E-state index is 13.9. The Morgan fingerprint density at radius 2 is 1.84 bits per heavy atom. The van der Waals surface area contributed by atoms with E-state index in [2.05, 4.69) is 5.32 Å². The summed E-state index contributed by atoms with van der Waals surface area (Å²) in [4.78, 5) is 1.56. The maximum Gasteiger partial charge on any atom is 0.129 e. The van der Waals surface area contributed by atoms with E-state index in [1.807, 2.05) is 19.1 Å². The number of benzene rings is 2. The van der Waals surface area contributed by atoms with Crippen LogP contribution in [0.15, 0.2) is 52.3 Å². The molecule has 0 spiro atoms. The van der Waals surface area contributed by atoms with Gasteiger partial charge in [0.15, 0.2) is 0 Å². The van der Waals surface area contributed by atoms with E-state index in [4.69, 9.17) is 0 Å². The molecule has 0 aliphatic rings. The minimum atomic E-state index is -0.287. The third-order valence-corrected chi connectivity index (χ3v) is 3.97. The first-order chi connectivity index (χ1) is 9.11. The van der Waals surface area contributed by atoms with Crippen molar-refractivity contribution in [2.75, 3.05) is 7.05 Å². The minimum Gasteiger partial charge on any atom is -0.313 e. The van der Waals surface area contributed by atoms with Crippen molar-refractivity contribution in [3.63, 3.8) is 0 Å². The molecule has 2 aromatic rings. The summed E-state index contributed by atoms with van der Waals surface area (Å²) in [6.07, 6.45) is 0. The van der Waals surface area contributed by atoms with E-state index >= 15 is 0 Å². The SMILES string of the molecule is CNC(C)c1c(F)cccc1Sc1cccc(F)c1. The average Bonchev–Trinajstić information content (AvgIpc) is 2.38. The Bertz CT molecular complexity index is 572. The van der Waals surface area contributed by atoms with Gasteiger partial charge in [-0.2, -0.15) is 0 Å². The van der Waals surface area contributed by atoms with Gasteiger partial charge in [0.25, 0.3) is 0 Å². The van der Waals surface area contributed by atoms with Crippen molar-refractivity contribution >= 4 is 11.8 Å². The van der Waals surface area contributed by atoms with Gasteiger partial charge in [0.1, 0.15) is 11.6 Å². The highest BCUT2D eigenvalue weighted by atomic mass is 32.2. The van der Waals surface area contributed by atoms with Crippen molar-refractivity contribution in [1.29, 1.82) is 0 Å². The van der Waals surface area contributed by atoms with Crippen molar-refractivity contribution < 1.29 is 8.78 Å². The Hall–Kier alpha value is -1.39. The Morgan fingerprint density at radius 3 is 2.53 bits per heavy atom. The van der Waals surface area contributed by atoms with Gasteiger partial charge in [-0.3, -0.25) is 0 Å². The molecule has 0 heterocycles. The molecule has 19 heavy (non-hydrogen) atoms. The molecule has 0 aliphatic heterocycles. The summed E-state index contributed by atoms with van der Waals surface area (Å²) in [7, 11) is 1.79. The van der Waals surface area contributed by atoms with Gasteiger partial charge in [0, 0.05) is 21.4 Å². The van der Waals surface area contributed by atoms with Gasteiger partial charge in [-0.1, -0.05) is 23.9 Å². The Balaban J connectivity index is 2.37. The predicted octanol–water partition coefficient (Wildman–Crippen LogP) is 4.40. The highest BCUT2D eigenvalue weighted by Crippen LogP contribution is 2.34. The summed E-state index contributed by atoms with van der Waals surface area (Å²) in [5, 5.41) is 3.03. The molecule has 1 atom stereocenters. The summed E-state index contributed by atoms with van der Waals surface area (Å²) in [5.41, 5.74) is 0.610. The van der Waals surface area contributed by atoms with Crippen molar-refractivity contribution in [2.45, 2.75) is 22.8 Å². The van der Waals surface area contributed by atoms with E-state index in [0.29, 0.717) is 5.56 Å². The molecule has 1 unspecified atom stereocenters. The molecule has 4 heteroatoms. The summed E-state index contributed by atoms with van der Waals surface area (Å²) in [5.74, 6) is -0.534. The second-order valence-electron chi connectivity index (χ2n) is 4.22. The zero-order valence-corrected chi connectivity index (χ0v) is 11.6. The standard InChI is InChI=1S/C15H15F2NS/c1-10(18-2)15-13(17)7-4-8-14(15)19-12-6-3-5-11(16)9-12/h3-10,18H,1-2H3. The van der Waals surface area contributed by atoms with Gasteiger partial charge in [-0.25, -0.2) is 8.78 Å². The van der Waals surface area contributed by atoms with Gasteiger partial charge in [0.2, 0.25) is 0 Å². The molecule has 1 N–H and O–H groups in total. The summed E-state index contributed by atoms with van der Waals surface area (Å²) >= 11 is 1.37. The van der Waals surface area contributed by atoms with Gasteiger partial charge in [-0.15, -0.1) is 0 Å². The lowest BCUT2D eigenvalue weighted by atomic mass is 10.1. The molecule has 0 saturated carbocycles. The van der Waals surface area contributed by atoms with Crippen LogP contribution in [0.1, 0.15) is 18.5 Å². The Labute approximate surface area is 116 Å². The van der Waals surface area contributed by atoms with Crippen LogP contribution in [0.5, 0.6) is 0 Å². The van der Waals surface area contributed by atoms with E-state index in [0.717, 1.165) is 9.79 Å². The molecule has 0 bridgehead atoms. The highest BCUT2D eigenvalue weighted by Gasteiger charge is 2.15. The lowest BCUT2D eigenvalue weighted by Crippen LogP contribution is -2.14. The smallest absolute Gasteiger partial charge is 0.129 e. The molecule has 0 amide bonds. The Kier molecular flexibility index (Phi) is 4.56. The second kappa shape index (κ2) is 6.17. The predicted molar refractivity (Wildman–Crippen MR) is 74.4 cm³/mol. The number of hydrogen-bond donors (Lipinski definition) is 1. The summed E-state index contributed by atoms with van der Waals surface area (Å²) < 4.78 is 27.1. The van der Waals surface area contributed by atoms with Crippen LogP contribution in [0.2, 0.25) is 0 Å². The molecule has 0 fully saturated rings. The molecule has 100 valence electrons. The fraction of sp³-hybridized carbons (Fsp3) is 0.200. The molecule has 0 aliphatic carbocycles. The molecule has 0 saturated heterocycles. The van der Waals surface area contributed by atoms with E-state index in [-0.39, 0.29) is 17.7 Å². The quantitative estimate of drug-likeness (QED) is 0.890. The Morgan fingerprint density at radius 1 is 1.11 bits per heavy atom. The fourth-order valence-corrected chi connectivity index (χ4v) is 2.93. The van der Waals surface area contributed by atoms with Crippen LogP contribution in [-0.4, -0.2) is 7.05 Å². The minimum absolute atomic E-state index is 0.0998. The summed E-state index contributed by atoms with van der Waals surface area (Å²) in [6, 6.07) is 11.2. The van der Waals surface area contributed by atoms with Gasteiger partial charge in [-0.05, 0) is 44.3 Å². The zero-order valence-electron chi connectivity index (χ0n) is 10.8. The van der Waals surface area contributed by atoms with Crippen molar-refractivity contribution in [2.24, 2.45) is 0 Å². The van der Waals surface area contributed by atoms with Crippen LogP contribution in [0, 0.1) is 11.6 Å². The molecular weight excluding hydrogens is 264 g/mol. The van der Waals surface area contributed by atoms with E-state index in [9.17, 15) is 8.78 Å². The van der Waals surface area contributed by atoms with E-state index in [1.54, 1.807) is 19.2 Å². The fourth-order valence-electron chi connectivity index (χ4n) is 1.83. The molecule has 2 aromatic carbocycles. The first-order valence-electron chi connectivity index (χ1n) is 6.01. The third kappa shape index (κ3) is 3.33. The molecule has 0 radical (unpaired) electrons. The second-order valence-corrected chi connectivity index (χ2v) is 5.34. The van der Waals surface area contributed by atoms with Crippen molar-refractivity contribution in [3.8, 4) is 0 Å². The van der Waals surface area contributed by atoms with Crippen LogP contribution < -0.4 is 5.32 Å².